The Labute approximate surface area is 219 Å². The number of nitrogens with zero attached hydrogens (tertiary/aromatic N) is 3. The van der Waals surface area contributed by atoms with Gasteiger partial charge in [-0.15, -0.1) is 0 Å². The molecule has 2 amide bonds. The molecular weight excluding hydrogens is 460 g/mol. The van der Waals surface area contributed by atoms with Gasteiger partial charge in [-0.3, -0.25) is 14.5 Å². The van der Waals surface area contributed by atoms with E-state index in [-0.39, 0.29) is 17.6 Å². The third-order valence-electron chi connectivity index (χ3n) is 9.87. The molecule has 0 radical (unpaired) electrons. The molecular formula is C31H36N4O2. The molecule has 1 N–H and O–H groups in total. The number of benzene rings is 1. The van der Waals surface area contributed by atoms with Crippen LogP contribution in [0, 0.1) is 5.92 Å². The molecule has 2 unspecified atom stereocenters. The number of carbonyl (C=O) groups excluding carboxylic acids is 2. The fraction of sp³-hybridized carbons (Fsp3) is 0.516. The summed E-state index contributed by atoms with van der Waals surface area (Å²) in [5, 5.41) is 3.00. The Hall–Kier alpha value is -2.99. The summed E-state index contributed by atoms with van der Waals surface area (Å²) in [6.45, 7) is 0.662. The Bertz CT molecular complexity index is 1290. The van der Waals surface area contributed by atoms with Gasteiger partial charge in [0.15, 0.2) is 0 Å². The van der Waals surface area contributed by atoms with Gasteiger partial charge >= 0.3 is 0 Å². The van der Waals surface area contributed by atoms with E-state index in [1.54, 1.807) is 6.20 Å². The van der Waals surface area contributed by atoms with Crippen molar-refractivity contribution in [3.05, 3.63) is 64.9 Å². The Kier molecular flexibility index (Phi) is 5.33. The van der Waals surface area contributed by atoms with Crippen LogP contribution in [0.2, 0.25) is 0 Å². The van der Waals surface area contributed by atoms with Crippen LogP contribution in [0.1, 0.15) is 73.6 Å². The van der Waals surface area contributed by atoms with Crippen LogP contribution in [0.25, 0.3) is 6.08 Å². The third kappa shape index (κ3) is 3.52. The lowest BCUT2D eigenvalue weighted by Gasteiger charge is -2.42. The molecule has 7 rings (SSSR count). The molecule has 1 aromatic carbocycles. The topological polar surface area (TPSA) is 65.5 Å². The molecule has 5 aliphatic rings. The van der Waals surface area contributed by atoms with Gasteiger partial charge in [-0.2, -0.15) is 0 Å². The van der Waals surface area contributed by atoms with Crippen LogP contribution in [0.5, 0.6) is 0 Å². The number of hydrogen-bond acceptors (Lipinski definition) is 4. The molecule has 2 atom stereocenters. The highest BCUT2D eigenvalue weighted by Gasteiger charge is 2.57. The second kappa shape index (κ2) is 8.52. The first-order chi connectivity index (χ1) is 18.0. The van der Waals surface area contributed by atoms with E-state index in [1.165, 1.54) is 49.7 Å². The van der Waals surface area contributed by atoms with E-state index in [0.717, 1.165) is 30.4 Å². The van der Waals surface area contributed by atoms with Crippen molar-refractivity contribution in [2.45, 2.75) is 81.3 Å². The first-order valence-corrected chi connectivity index (χ1v) is 14.1. The predicted octanol–water partition coefficient (Wildman–Crippen LogP) is 4.69. The van der Waals surface area contributed by atoms with Crippen LogP contribution < -0.4 is 5.32 Å². The number of hydrogen-bond donors (Lipinski definition) is 1. The van der Waals surface area contributed by atoms with Crippen molar-refractivity contribution in [1.82, 2.24) is 14.8 Å². The number of aromatic nitrogens is 1. The number of anilines is 1. The monoisotopic (exact) mass is 496 g/mol. The first kappa shape index (κ1) is 23.2. The fourth-order valence-electron chi connectivity index (χ4n) is 7.77. The normalized spacial score (nSPS) is 28.8. The number of amides is 2. The molecule has 6 heteroatoms. The van der Waals surface area contributed by atoms with E-state index in [0.29, 0.717) is 30.6 Å². The summed E-state index contributed by atoms with van der Waals surface area (Å²) in [5.41, 5.74) is 3.97. The highest BCUT2D eigenvalue weighted by Crippen LogP contribution is 2.48. The van der Waals surface area contributed by atoms with Gasteiger partial charge in [0, 0.05) is 18.3 Å². The average molecular weight is 497 g/mol. The standard InChI is InChI=1S/C31H36N4O2/c1-34-26(22-12-13-22)28(36)35(31(34)14-4-2-3-5-15-31)17-7-8-21-10-11-23-19-30(20-24(23)18-21)25-9-6-16-32-27(25)33-29(30)37/h6-11,16,18,22,26H,2-5,12-15,17,19-20H2,1H3,(H,32,33,37). The lowest BCUT2D eigenvalue weighted by Crippen LogP contribution is -2.53. The average Bonchev–Trinajstić information content (AvgIpc) is 3.61. The minimum Gasteiger partial charge on any atom is -0.319 e. The molecule has 2 aromatic rings. The van der Waals surface area contributed by atoms with Crippen molar-refractivity contribution >= 4 is 23.7 Å². The van der Waals surface area contributed by atoms with Crippen LogP contribution in [-0.2, 0) is 27.8 Å². The van der Waals surface area contributed by atoms with Gasteiger partial charge < -0.3 is 10.2 Å². The van der Waals surface area contributed by atoms with Crippen LogP contribution >= 0.6 is 0 Å². The lowest BCUT2D eigenvalue weighted by molar-refractivity contribution is -0.132. The van der Waals surface area contributed by atoms with Crippen molar-refractivity contribution in [1.29, 1.82) is 0 Å². The Morgan fingerprint density at radius 1 is 1.05 bits per heavy atom. The SMILES string of the molecule is CN1C(C2CC2)C(=O)N(CC=Cc2ccc3c(c2)CC2(C3)C(=O)Nc3ncccc32)C12CCCCCC2. The maximum Gasteiger partial charge on any atom is 0.242 e. The van der Waals surface area contributed by atoms with Crippen LogP contribution in [0.3, 0.4) is 0 Å². The third-order valence-corrected chi connectivity index (χ3v) is 9.87. The van der Waals surface area contributed by atoms with Gasteiger partial charge in [0.05, 0.1) is 17.1 Å². The lowest BCUT2D eigenvalue weighted by atomic mass is 9.79. The Morgan fingerprint density at radius 3 is 2.62 bits per heavy atom. The van der Waals surface area contributed by atoms with E-state index >= 15 is 0 Å². The summed E-state index contributed by atoms with van der Waals surface area (Å²) in [6.07, 6.45) is 17.0. The van der Waals surface area contributed by atoms with E-state index in [9.17, 15) is 9.59 Å². The Morgan fingerprint density at radius 2 is 1.84 bits per heavy atom. The van der Waals surface area contributed by atoms with E-state index in [2.05, 4.69) is 57.5 Å². The highest BCUT2D eigenvalue weighted by atomic mass is 16.2. The summed E-state index contributed by atoms with van der Waals surface area (Å²) in [7, 11) is 2.21. The molecule has 0 bridgehead atoms. The van der Waals surface area contributed by atoms with Crippen LogP contribution in [-0.4, -0.2) is 51.9 Å². The van der Waals surface area contributed by atoms with E-state index in [4.69, 9.17) is 0 Å². The first-order valence-electron chi connectivity index (χ1n) is 14.1. The molecule has 37 heavy (non-hydrogen) atoms. The van der Waals surface area contributed by atoms with Crippen molar-refractivity contribution in [2.75, 3.05) is 18.9 Å². The predicted molar refractivity (Wildman–Crippen MR) is 144 cm³/mol. The summed E-state index contributed by atoms with van der Waals surface area (Å²) < 4.78 is 0. The molecule has 1 saturated heterocycles. The fourth-order valence-corrected chi connectivity index (χ4v) is 7.77. The number of fused-ring (bicyclic) bond motifs is 3. The molecule has 2 aliphatic heterocycles. The van der Waals surface area contributed by atoms with Gasteiger partial charge in [0.1, 0.15) is 5.82 Å². The second-order valence-corrected chi connectivity index (χ2v) is 12.0. The van der Waals surface area contributed by atoms with Crippen LogP contribution in [0.4, 0.5) is 5.82 Å². The highest BCUT2D eigenvalue weighted by molar-refractivity contribution is 6.06. The number of nitrogens with one attached hydrogen (secondary N) is 1. The molecule has 3 aliphatic carbocycles. The van der Waals surface area contributed by atoms with Gasteiger partial charge in [0.25, 0.3) is 0 Å². The zero-order valence-corrected chi connectivity index (χ0v) is 21.7. The molecule has 3 heterocycles. The zero-order chi connectivity index (χ0) is 25.2. The minimum absolute atomic E-state index is 0.0603. The van der Waals surface area contributed by atoms with Crippen molar-refractivity contribution in [3.8, 4) is 0 Å². The maximum atomic E-state index is 13.7. The van der Waals surface area contributed by atoms with Gasteiger partial charge in [-0.1, -0.05) is 49.3 Å². The molecule has 192 valence electrons. The number of pyridine rings is 1. The number of likely N-dealkylation sites (N-methyl/N-ethyl adjacent to an activating group) is 1. The summed E-state index contributed by atoms with van der Waals surface area (Å²) >= 11 is 0. The van der Waals surface area contributed by atoms with Gasteiger partial charge in [0.2, 0.25) is 11.8 Å². The van der Waals surface area contributed by atoms with Crippen LogP contribution in [0.15, 0.2) is 42.6 Å². The second-order valence-electron chi connectivity index (χ2n) is 12.0. The number of rotatable bonds is 4. The van der Waals surface area contributed by atoms with Gasteiger partial charge in [-0.05, 0) is 87.1 Å². The quantitative estimate of drug-likeness (QED) is 0.667. The van der Waals surface area contributed by atoms with E-state index in [1.807, 2.05) is 12.1 Å². The summed E-state index contributed by atoms with van der Waals surface area (Å²) in [5.74, 6) is 1.65. The molecule has 2 saturated carbocycles. The Balaban J connectivity index is 1.12. The molecule has 3 fully saturated rings. The summed E-state index contributed by atoms with van der Waals surface area (Å²) in [4.78, 5) is 35.7. The van der Waals surface area contributed by atoms with Crippen molar-refractivity contribution in [3.63, 3.8) is 0 Å². The van der Waals surface area contributed by atoms with Crippen molar-refractivity contribution < 1.29 is 9.59 Å². The summed E-state index contributed by atoms with van der Waals surface area (Å²) in [6, 6.07) is 10.6. The van der Waals surface area contributed by atoms with Crippen molar-refractivity contribution in [2.24, 2.45) is 5.92 Å². The number of carbonyl (C=O) groups is 2. The molecule has 1 aromatic heterocycles. The van der Waals surface area contributed by atoms with E-state index < -0.39 is 5.41 Å². The molecule has 6 nitrogen and oxygen atoms in total. The largest absolute Gasteiger partial charge is 0.319 e. The zero-order valence-electron chi connectivity index (χ0n) is 21.7. The maximum absolute atomic E-state index is 13.7. The van der Waals surface area contributed by atoms with Gasteiger partial charge in [-0.25, -0.2) is 4.98 Å². The minimum atomic E-state index is -0.537. The molecule has 2 spiro atoms. The smallest absolute Gasteiger partial charge is 0.242 e.